The summed E-state index contributed by atoms with van der Waals surface area (Å²) < 4.78 is 0. The fourth-order valence-electron chi connectivity index (χ4n) is 1.83. The standard InChI is InChI=1S/C10H20N2/c1-4-7-12-9-8-11(6-3)10(12)5-2/h8-10H,4-7H2,1-3H3. The van der Waals surface area contributed by atoms with Crippen LogP contribution in [-0.4, -0.2) is 29.1 Å². The third kappa shape index (κ3) is 1.74. The summed E-state index contributed by atoms with van der Waals surface area (Å²) in [6, 6.07) is 0. The second-order valence-corrected chi connectivity index (χ2v) is 3.26. The minimum absolute atomic E-state index is 0.620. The van der Waals surface area contributed by atoms with E-state index in [0.29, 0.717) is 6.17 Å². The predicted molar refractivity (Wildman–Crippen MR) is 52.6 cm³/mol. The lowest BCUT2D eigenvalue weighted by atomic mass is 10.3. The molecule has 0 fully saturated rings. The molecule has 2 nitrogen and oxygen atoms in total. The van der Waals surface area contributed by atoms with Crippen molar-refractivity contribution in [2.24, 2.45) is 0 Å². The molecule has 0 aromatic carbocycles. The normalized spacial score (nSPS) is 22.4. The highest BCUT2D eigenvalue weighted by Crippen LogP contribution is 2.17. The van der Waals surface area contributed by atoms with E-state index in [-0.39, 0.29) is 0 Å². The molecule has 0 saturated heterocycles. The van der Waals surface area contributed by atoms with E-state index in [1.165, 1.54) is 19.4 Å². The summed E-state index contributed by atoms with van der Waals surface area (Å²) in [4.78, 5) is 4.83. The molecule has 2 heteroatoms. The molecule has 1 rings (SSSR count). The molecule has 0 radical (unpaired) electrons. The van der Waals surface area contributed by atoms with Crippen molar-refractivity contribution in [2.75, 3.05) is 13.1 Å². The van der Waals surface area contributed by atoms with Gasteiger partial charge < -0.3 is 9.80 Å². The van der Waals surface area contributed by atoms with Crippen molar-refractivity contribution >= 4 is 0 Å². The molecule has 0 amide bonds. The molecule has 0 aromatic heterocycles. The Kier molecular flexibility index (Phi) is 3.45. The zero-order chi connectivity index (χ0) is 8.97. The van der Waals surface area contributed by atoms with E-state index in [9.17, 15) is 0 Å². The van der Waals surface area contributed by atoms with Crippen LogP contribution in [0.15, 0.2) is 12.4 Å². The van der Waals surface area contributed by atoms with Crippen LogP contribution in [0.3, 0.4) is 0 Å². The molecule has 0 saturated carbocycles. The van der Waals surface area contributed by atoms with E-state index in [1.807, 2.05) is 0 Å². The lowest BCUT2D eigenvalue weighted by molar-refractivity contribution is 0.153. The minimum Gasteiger partial charge on any atom is -0.356 e. The molecule has 70 valence electrons. The van der Waals surface area contributed by atoms with Gasteiger partial charge in [-0.1, -0.05) is 13.8 Å². The van der Waals surface area contributed by atoms with Gasteiger partial charge in [0.05, 0.1) is 0 Å². The van der Waals surface area contributed by atoms with Crippen molar-refractivity contribution in [1.82, 2.24) is 9.80 Å². The van der Waals surface area contributed by atoms with Crippen LogP contribution in [0.5, 0.6) is 0 Å². The smallest absolute Gasteiger partial charge is 0.100 e. The highest BCUT2D eigenvalue weighted by molar-refractivity contribution is 4.95. The monoisotopic (exact) mass is 168 g/mol. The molecule has 1 unspecified atom stereocenters. The summed E-state index contributed by atoms with van der Waals surface area (Å²) >= 11 is 0. The molecule has 1 aliphatic rings. The van der Waals surface area contributed by atoms with Crippen molar-refractivity contribution in [1.29, 1.82) is 0 Å². The SMILES string of the molecule is CCCN1C=CN(CC)C1CC. The molecule has 0 aliphatic carbocycles. The number of hydrogen-bond donors (Lipinski definition) is 0. The van der Waals surface area contributed by atoms with Crippen molar-refractivity contribution in [3.8, 4) is 0 Å². The third-order valence-electron chi connectivity index (χ3n) is 2.43. The fraction of sp³-hybridized carbons (Fsp3) is 0.800. The van der Waals surface area contributed by atoms with Crippen LogP contribution in [0.25, 0.3) is 0 Å². The molecular formula is C10H20N2. The molecule has 1 heterocycles. The summed E-state index contributed by atoms with van der Waals surface area (Å²) in [7, 11) is 0. The molecule has 0 bridgehead atoms. The summed E-state index contributed by atoms with van der Waals surface area (Å²) in [6.45, 7) is 9.00. The maximum atomic E-state index is 2.43. The Bertz CT molecular complexity index is 154. The van der Waals surface area contributed by atoms with Crippen LogP contribution in [0.1, 0.15) is 33.6 Å². The Morgan fingerprint density at radius 2 is 1.75 bits per heavy atom. The van der Waals surface area contributed by atoms with Gasteiger partial charge in [0.25, 0.3) is 0 Å². The lowest BCUT2D eigenvalue weighted by Gasteiger charge is -2.31. The fourth-order valence-corrected chi connectivity index (χ4v) is 1.83. The Hall–Kier alpha value is -0.660. The predicted octanol–water partition coefficient (Wildman–Crippen LogP) is 2.24. The highest BCUT2D eigenvalue weighted by Gasteiger charge is 2.21. The highest BCUT2D eigenvalue weighted by atomic mass is 15.4. The van der Waals surface area contributed by atoms with Gasteiger partial charge in [-0.15, -0.1) is 0 Å². The second-order valence-electron chi connectivity index (χ2n) is 3.26. The summed E-state index contributed by atoms with van der Waals surface area (Å²) in [5.41, 5.74) is 0. The van der Waals surface area contributed by atoms with Crippen LogP contribution in [0.2, 0.25) is 0 Å². The first-order chi connectivity index (χ1) is 5.83. The molecule has 12 heavy (non-hydrogen) atoms. The van der Waals surface area contributed by atoms with Crippen LogP contribution < -0.4 is 0 Å². The molecule has 0 aromatic rings. The maximum Gasteiger partial charge on any atom is 0.100 e. The number of nitrogens with zero attached hydrogens (tertiary/aromatic N) is 2. The average Bonchev–Trinajstić information content (AvgIpc) is 2.47. The van der Waals surface area contributed by atoms with Crippen LogP contribution in [0.4, 0.5) is 0 Å². The van der Waals surface area contributed by atoms with E-state index in [2.05, 4.69) is 43.0 Å². The van der Waals surface area contributed by atoms with Gasteiger partial charge in [0.2, 0.25) is 0 Å². The zero-order valence-corrected chi connectivity index (χ0v) is 8.45. The van der Waals surface area contributed by atoms with Gasteiger partial charge in [0.1, 0.15) is 6.17 Å². The molecule has 1 atom stereocenters. The Labute approximate surface area is 75.8 Å². The van der Waals surface area contributed by atoms with Crippen molar-refractivity contribution < 1.29 is 0 Å². The zero-order valence-electron chi connectivity index (χ0n) is 8.45. The van der Waals surface area contributed by atoms with E-state index in [0.717, 1.165) is 6.54 Å². The number of hydrogen-bond acceptors (Lipinski definition) is 2. The average molecular weight is 168 g/mol. The Morgan fingerprint density at radius 3 is 2.25 bits per heavy atom. The van der Waals surface area contributed by atoms with Crippen LogP contribution in [-0.2, 0) is 0 Å². The summed E-state index contributed by atoms with van der Waals surface area (Å²) in [6.07, 6.45) is 7.50. The second kappa shape index (κ2) is 4.39. The van der Waals surface area contributed by atoms with Crippen LogP contribution in [0, 0.1) is 0 Å². The minimum atomic E-state index is 0.620. The van der Waals surface area contributed by atoms with Gasteiger partial charge in [-0.3, -0.25) is 0 Å². The van der Waals surface area contributed by atoms with Gasteiger partial charge in [0.15, 0.2) is 0 Å². The first-order valence-corrected chi connectivity index (χ1v) is 5.03. The van der Waals surface area contributed by atoms with Crippen molar-refractivity contribution in [3.63, 3.8) is 0 Å². The molecule has 1 aliphatic heterocycles. The third-order valence-corrected chi connectivity index (χ3v) is 2.43. The van der Waals surface area contributed by atoms with Crippen molar-refractivity contribution in [2.45, 2.75) is 39.8 Å². The van der Waals surface area contributed by atoms with Gasteiger partial charge in [-0.05, 0) is 19.8 Å². The lowest BCUT2D eigenvalue weighted by Crippen LogP contribution is -2.38. The molecule has 0 spiro atoms. The maximum absolute atomic E-state index is 2.43. The van der Waals surface area contributed by atoms with Gasteiger partial charge in [-0.2, -0.15) is 0 Å². The van der Waals surface area contributed by atoms with E-state index in [1.54, 1.807) is 0 Å². The Morgan fingerprint density at radius 1 is 1.08 bits per heavy atom. The van der Waals surface area contributed by atoms with Gasteiger partial charge >= 0.3 is 0 Å². The van der Waals surface area contributed by atoms with E-state index in [4.69, 9.17) is 0 Å². The first kappa shape index (κ1) is 9.43. The first-order valence-electron chi connectivity index (χ1n) is 5.03. The van der Waals surface area contributed by atoms with E-state index < -0.39 is 0 Å². The van der Waals surface area contributed by atoms with Crippen molar-refractivity contribution in [3.05, 3.63) is 12.4 Å². The summed E-state index contributed by atoms with van der Waals surface area (Å²) in [5, 5.41) is 0. The molecular weight excluding hydrogens is 148 g/mol. The topological polar surface area (TPSA) is 6.48 Å². The van der Waals surface area contributed by atoms with Crippen LogP contribution >= 0.6 is 0 Å². The number of rotatable bonds is 4. The largest absolute Gasteiger partial charge is 0.356 e. The molecule has 0 N–H and O–H groups in total. The van der Waals surface area contributed by atoms with Gasteiger partial charge in [0, 0.05) is 25.5 Å². The van der Waals surface area contributed by atoms with E-state index >= 15 is 0 Å². The van der Waals surface area contributed by atoms with Gasteiger partial charge in [-0.25, -0.2) is 0 Å². The Balaban J connectivity index is 2.50. The summed E-state index contributed by atoms with van der Waals surface area (Å²) in [5.74, 6) is 0. The quantitative estimate of drug-likeness (QED) is 0.635.